The first-order valence-electron chi connectivity index (χ1n) is 8.44. The summed E-state index contributed by atoms with van der Waals surface area (Å²) < 4.78 is 0. The SMILES string of the molecule is NC(=O)C(Cc1c[nH]c2ccccc12)NC(=O)CCc1ccc(O)cc1. The van der Waals surface area contributed by atoms with Gasteiger partial charge in [-0.05, 0) is 35.7 Å². The molecule has 0 spiro atoms. The van der Waals surface area contributed by atoms with Crippen LogP contribution in [-0.4, -0.2) is 27.9 Å². The maximum Gasteiger partial charge on any atom is 0.240 e. The number of nitrogens with two attached hydrogens (primary N) is 1. The van der Waals surface area contributed by atoms with Gasteiger partial charge in [-0.25, -0.2) is 0 Å². The molecule has 1 heterocycles. The van der Waals surface area contributed by atoms with Crippen molar-refractivity contribution in [1.29, 1.82) is 0 Å². The summed E-state index contributed by atoms with van der Waals surface area (Å²) in [6.45, 7) is 0. The fourth-order valence-corrected chi connectivity index (χ4v) is 2.93. The molecule has 3 aromatic rings. The van der Waals surface area contributed by atoms with Crippen LogP contribution in [0.1, 0.15) is 17.5 Å². The van der Waals surface area contributed by atoms with Gasteiger partial charge >= 0.3 is 0 Å². The summed E-state index contributed by atoms with van der Waals surface area (Å²) in [7, 11) is 0. The lowest BCUT2D eigenvalue weighted by atomic mass is 10.0. The molecule has 3 rings (SSSR count). The van der Waals surface area contributed by atoms with Crippen LogP contribution in [0.15, 0.2) is 54.7 Å². The fourth-order valence-electron chi connectivity index (χ4n) is 2.93. The number of aryl methyl sites for hydroxylation is 1. The maximum atomic E-state index is 12.2. The van der Waals surface area contributed by atoms with Gasteiger partial charge in [0.25, 0.3) is 0 Å². The first kappa shape index (κ1) is 17.5. The summed E-state index contributed by atoms with van der Waals surface area (Å²) >= 11 is 0. The van der Waals surface area contributed by atoms with E-state index in [-0.39, 0.29) is 18.1 Å². The molecule has 0 aliphatic carbocycles. The van der Waals surface area contributed by atoms with Gasteiger partial charge in [-0.2, -0.15) is 0 Å². The highest BCUT2D eigenvalue weighted by molar-refractivity contribution is 5.88. The van der Waals surface area contributed by atoms with Crippen LogP contribution in [0.4, 0.5) is 0 Å². The van der Waals surface area contributed by atoms with Gasteiger partial charge in [0.05, 0.1) is 0 Å². The molecule has 2 amide bonds. The number of phenolic OH excluding ortho intramolecular Hbond substituents is 1. The number of fused-ring (bicyclic) bond motifs is 1. The number of nitrogens with one attached hydrogen (secondary N) is 2. The van der Waals surface area contributed by atoms with E-state index in [9.17, 15) is 14.7 Å². The molecule has 0 radical (unpaired) electrons. The Morgan fingerprint density at radius 1 is 1.12 bits per heavy atom. The number of phenols is 1. The highest BCUT2D eigenvalue weighted by atomic mass is 16.3. The predicted molar refractivity (Wildman–Crippen MR) is 99.6 cm³/mol. The Bertz CT molecular complexity index is 915. The molecule has 0 aliphatic rings. The van der Waals surface area contributed by atoms with E-state index in [0.717, 1.165) is 22.0 Å². The van der Waals surface area contributed by atoms with E-state index in [4.69, 9.17) is 5.73 Å². The van der Waals surface area contributed by atoms with Crippen LogP contribution in [0.5, 0.6) is 5.75 Å². The van der Waals surface area contributed by atoms with Crippen LogP contribution < -0.4 is 11.1 Å². The lowest BCUT2D eigenvalue weighted by molar-refractivity contribution is -0.127. The Morgan fingerprint density at radius 2 is 1.85 bits per heavy atom. The number of hydrogen-bond acceptors (Lipinski definition) is 3. The highest BCUT2D eigenvalue weighted by Gasteiger charge is 2.20. The molecule has 0 aliphatic heterocycles. The topological polar surface area (TPSA) is 108 Å². The van der Waals surface area contributed by atoms with Crippen LogP contribution in [0, 0.1) is 0 Å². The molecule has 0 fully saturated rings. The average Bonchev–Trinajstić information content (AvgIpc) is 3.04. The van der Waals surface area contributed by atoms with Crippen LogP contribution in [0.25, 0.3) is 10.9 Å². The molecular formula is C20H21N3O3. The first-order chi connectivity index (χ1) is 12.5. The van der Waals surface area contributed by atoms with Crippen molar-refractivity contribution in [3.05, 3.63) is 65.9 Å². The molecule has 2 aromatic carbocycles. The lowest BCUT2D eigenvalue weighted by Crippen LogP contribution is -2.45. The molecule has 6 heteroatoms. The third-order valence-corrected chi connectivity index (χ3v) is 4.35. The number of para-hydroxylation sites is 1. The largest absolute Gasteiger partial charge is 0.508 e. The summed E-state index contributed by atoms with van der Waals surface area (Å²) in [5, 5.41) is 13.0. The van der Waals surface area contributed by atoms with Crippen molar-refractivity contribution in [3.63, 3.8) is 0 Å². The number of aromatic hydroxyl groups is 1. The number of hydrogen-bond donors (Lipinski definition) is 4. The van der Waals surface area contributed by atoms with E-state index in [1.807, 2.05) is 30.5 Å². The third-order valence-electron chi connectivity index (χ3n) is 4.35. The third kappa shape index (κ3) is 4.22. The summed E-state index contributed by atoms with van der Waals surface area (Å²) in [6, 6.07) is 13.7. The number of carbonyl (C=O) groups excluding carboxylic acids is 2. The van der Waals surface area contributed by atoms with Crippen LogP contribution >= 0.6 is 0 Å². The van der Waals surface area contributed by atoms with Gasteiger partial charge in [0.15, 0.2) is 0 Å². The Labute approximate surface area is 151 Å². The number of primary amides is 1. The van der Waals surface area contributed by atoms with E-state index in [1.54, 1.807) is 24.3 Å². The number of aromatic amines is 1. The molecule has 1 atom stereocenters. The number of benzene rings is 2. The molecule has 0 saturated heterocycles. The highest BCUT2D eigenvalue weighted by Crippen LogP contribution is 2.19. The zero-order chi connectivity index (χ0) is 18.5. The van der Waals surface area contributed by atoms with Gasteiger partial charge in [0.1, 0.15) is 11.8 Å². The monoisotopic (exact) mass is 351 g/mol. The maximum absolute atomic E-state index is 12.2. The summed E-state index contributed by atoms with van der Waals surface area (Å²) in [5.41, 5.74) is 8.32. The van der Waals surface area contributed by atoms with Crippen LogP contribution in [0.3, 0.4) is 0 Å². The number of H-pyrrole nitrogens is 1. The normalized spacial score (nSPS) is 12.0. The smallest absolute Gasteiger partial charge is 0.240 e. The van der Waals surface area contributed by atoms with E-state index in [1.165, 1.54) is 0 Å². The molecule has 134 valence electrons. The zero-order valence-electron chi connectivity index (χ0n) is 14.2. The molecule has 5 N–H and O–H groups in total. The number of aromatic nitrogens is 1. The van der Waals surface area contributed by atoms with Crippen molar-refractivity contribution < 1.29 is 14.7 Å². The number of carbonyl (C=O) groups is 2. The van der Waals surface area contributed by atoms with E-state index in [2.05, 4.69) is 10.3 Å². The Hall–Kier alpha value is -3.28. The van der Waals surface area contributed by atoms with Crippen molar-refractivity contribution in [1.82, 2.24) is 10.3 Å². The van der Waals surface area contributed by atoms with Gasteiger partial charge in [0, 0.05) is 29.9 Å². The second kappa shape index (κ2) is 7.74. The molecule has 0 saturated carbocycles. The Balaban J connectivity index is 1.62. The minimum absolute atomic E-state index is 0.186. The number of rotatable bonds is 7. The summed E-state index contributed by atoms with van der Waals surface area (Å²) in [5.74, 6) is -0.610. The molecule has 1 aromatic heterocycles. The number of amides is 2. The van der Waals surface area contributed by atoms with Gasteiger partial charge in [-0.1, -0.05) is 30.3 Å². The zero-order valence-corrected chi connectivity index (χ0v) is 14.2. The summed E-state index contributed by atoms with van der Waals surface area (Å²) in [4.78, 5) is 27.1. The standard InChI is InChI=1S/C20H21N3O3/c21-20(26)18(11-14-12-22-17-4-2-1-3-16(14)17)23-19(25)10-7-13-5-8-15(24)9-6-13/h1-6,8-9,12,18,22,24H,7,10-11H2,(H2,21,26)(H,23,25). The van der Waals surface area contributed by atoms with Gasteiger partial charge in [-0.15, -0.1) is 0 Å². The van der Waals surface area contributed by atoms with Crippen molar-refractivity contribution in [2.45, 2.75) is 25.3 Å². The average molecular weight is 351 g/mol. The Kier molecular flexibility index (Phi) is 5.22. The van der Waals surface area contributed by atoms with Gasteiger partial charge < -0.3 is 21.1 Å². The van der Waals surface area contributed by atoms with E-state index >= 15 is 0 Å². The van der Waals surface area contributed by atoms with Crippen molar-refractivity contribution in [3.8, 4) is 5.75 Å². The first-order valence-corrected chi connectivity index (χ1v) is 8.44. The van der Waals surface area contributed by atoms with E-state index < -0.39 is 11.9 Å². The van der Waals surface area contributed by atoms with Gasteiger partial charge in [-0.3, -0.25) is 9.59 Å². The predicted octanol–water partition coefficient (Wildman–Crippen LogP) is 2.02. The molecule has 6 nitrogen and oxygen atoms in total. The minimum atomic E-state index is -0.762. The van der Waals surface area contributed by atoms with Crippen LogP contribution in [-0.2, 0) is 22.4 Å². The van der Waals surface area contributed by atoms with Crippen molar-refractivity contribution >= 4 is 22.7 Å². The molecular weight excluding hydrogens is 330 g/mol. The molecule has 0 bridgehead atoms. The minimum Gasteiger partial charge on any atom is -0.508 e. The van der Waals surface area contributed by atoms with E-state index in [0.29, 0.717) is 12.8 Å². The fraction of sp³-hybridized carbons (Fsp3) is 0.200. The van der Waals surface area contributed by atoms with Crippen molar-refractivity contribution in [2.24, 2.45) is 5.73 Å². The quantitative estimate of drug-likeness (QED) is 0.523. The van der Waals surface area contributed by atoms with Gasteiger partial charge in [0.2, 0.25) is 11.8 Å². The lowest BCUT2D eigenvalue weighted by Gasteiger charge is -2.15. The second-order valence-corrected chi connectivity index (χ2v) is 6.25. The molecule has 1 unspecified atom stereocenters. The second-order valence-electron chi connectivity index (χ2n) is 6.25. The Morgan fingerprint density at radius 3 is 2.58 bits per heavy atom. The molecule has 26 heavy (non-hydrogen) atoms. The van der Waals surface area contributed by atoms with Crippen LogP contribution in [0.2, 0.25) is 0 Å². The summed E-state index contributed by atoms with van der Waals surface area (Å²) in [6.07, 6.45) is 2.93. The van der Waals surface area contributed by atoms with Crippen molar-refractivity contribution in [2.75, 3.05) is 0 Å².